The van der Waals surface area contributed by atoms with Crippen LogP contribution >= 0.6 is 0 Å². The molecule has 0 N–H and O–H groups in total. The zero-order valence-electron chi connectivity index (χ0n) is 8.24. The average Bonchev–Trinajstić information content (AvgIpc) is 1.84. The minimum atomic E-state index is -0.361. The Labute approximate surface area is 69.5 Å². The highest BCUT2D eigenvalue weighted by atomic mass is 19.1. The third-order valence-corrected chi connectivity index (χ3v) is 2.98. The molecule has 0 saturated carbocycles. The zero-order chi connectivity index (χ0) is 9.23. The summed E-state index contributed by atoms with van der Waals surface area (Å²) in [6.45, 7) is 13.5. The van der Waals surface area contributed by atoms with Crippen molar-refractivity contribution in [2.45, 2.75) is 34.6 Å². The maximum Gasteiger partial charge on any atom is 0.0991 e. The van der Waals surface area contributed by atoms with E-state index in [1.54, 1.807) is 0 Å². The average molecular weight is 158 g/mol. The summed E-state index contributed by atoms with van der Waals surface area (Å²) in [5, 5.41) is 0. The molecular weight excluding hydrogens is 139 g/mol. The molecule has 0 aliphatic heterocycles. The molecule has 0 heterocycles. The molecule has 11 heavy (non-hydrogen) atoms. The van der Waals surface area contributed by atoms with Crippen molar-refractivity contribution >= 4 is 0 Å². The molecule has 1 heteroatoms. The second-order valence-electron chi connectivity index (χ2n) is 4.00. The molecule has 0 aromatic rings. The summed E-state index contributed by atoms with van der Waals surface area (Å²) in [6, 6.07) is 0. The van der Waals surface area contributed by atoms with Gasteiger partial charge in [0.05, 0.1) is 5.83 Å². The molecule has 0 aromatic heterocycles. The van der Waals surface area contributed by atoms with Gasteiger partial charge in [0.1, 0.15) is 0 Å². The quantitative estimate of drug-likeness (QED) is 0.586. The van der Waals surface area contributed by atoms with Crippen LogP contribution in [0, 0.1) is 17.3 Å². The lowest BCUT2D eigenvalue weighted by Gasteiger charge is -2.35. The third-order valence-electron chi connectivity index (χ3n) is 2.98. The topological polar surface area (TPSA) is 0 Å². The summed E-state index contributed by atoms with van der Waals surface area (Å²) in [6.07, 6.45) is 0. The Balaban J connectivity index is 4.67. The van der Waals surface area contributed by atoms with Gasteiger partial charge in [0.15, 0.2) is 0 Å². The van der Waals surface area contributed by atoms with Crippen LogP contribution in [-0.2, 0) is 0 Å². The molecule has 0 aliphatic rings. The van der Waals surface area contributed by atoms with Crippen LogP contribution in [0.25, 0.3) is 0 Å². The molecule has 0 bridgehead atoms. The Hall–Kier alpha value is -0.330. The summed E-state index contributed by atoms with van der Waals surface area (Å²) >= 11 is 0. The van der Waals surface area contributed by atoms with Gasteiger partial charge in [0.2, 0.25) is 0 Å². The summed E-state index contributed by atoms with van der Waals surface area (Å²) in [4.78, 5) is 0. The first-order valence-corrected chi connectivity index (χ1v) is 4.18. The maximum atomic E-state index is 13.1. The van der Waals surface area contributed by atoms with Gasteiger partial charge in [-0.05, 0) is 11.8 Å². The van der Waals surface area contributed by atoms with Crippen LogP contribution in [0.3, 0.4) is 0 Å². The highest BCUT2D eigenvalue weighted by molar-refractivity contribution is 5.03. The lowest BCUT2D eigenvalue weighted by Crippen LogP contribution is -2.29. The van der Waals surface area contributed by atoms with Crippen LogP contribution in [0.15, 0.2) is 12.4 Å². The monoisotopic (exact) mass is 158 g/mol. The maximum absolute atomic E-state index is 13.1. The van der Waals surface area contributed by atoms with Crippen molar-refractivity contribution in [3.63, 3.8) is 0 Å². The fourth-order valence-corrected chi connectivity index (χ4v) is 1.29. The van der Waals surface area contributed by atoms with Crippen molar-refractivity contribution < 1.29 is 4.39 Å². The normalized spacial score (nSPS) is 12.7. The fourth-order valence-electron chi connectivity index (χ4n) is 1.29. The fraction of sp³-hybridized carbons (Fsp3) is 0.800. The Kier molecular flexibility index (Phi) is 3.28. The summed E-state index contributed by atoms with van der Waals surface area (Å²) < 4.78 is 13.1. The van der Waals surface area contributed by atoms with Crippen molar-refractivity contribution in [3.8, 4) is 0 Å². The van der Waals surface area contributed by atoms with Crippen LogP contribution in [0.2, 0.25) is 0 Å². The van der Waals surface area contributed by atoms with Crippen LogP contribution in [-0.4, -0.2) is 0 Å². The van der Waals surface area contributed by atoms with E-state index >= 15 is 0 Å². The second kappa shape index (κ2) is 3.38. The Bertz CT molecular complexity index is 137. The molecule has 0 saturated heterocycles. The molecule has 0 nitrogen and oxygen atoms in total. The molecule has 0 atom stereocenters. The predicted molar refractivity (Wildman–Crippen MR) is 48.0 cm³/mol. The van der Waals surface area contributed by atoms with E-state index in [-0.39, 0.29) is 11.2 Å². The standard InChI is InChI=1S/C10H19F/c1-7(2)10(6,8(3)4)9(5)11/h7-8H,5H2,1-4,6H3. The molecule has 66 valence electrons. The van der Waals surface area contributed by atoms with E-state index in [1.807, 2.05) is 34.6 Å². The van der Waals surface area contributed by atoms with Gasteiger partial charge >= 0.3 is 0 Å². The first kappa shape index (κ1) is 10.7. The number of halogens is 1. The van der Waals surface area contributed by atoms with Gasteiger partial charge in [-0.3, -0.25) is 0 Å². The number of hydrogen-bond donors (Lipinski definition) is 0. The number of allylic oxidation sites excluding steroid dienone is 1. The van der Waals surface area contributed by atoms with Crippen LogP contribution < -0.4 is 0 Å². The third kappa shape index (κ3) is 1.82. The second-order valence-corrected chi connectivity index (χ2v) is 4.00. The predicted octanol–water partition coefficient (Wildman–Crippen LogP) is 3.79. The zero-order valence-corrected chi connectivity index (χ0v) is 8.24. The van der Waals surface area contributed by atoms with Crippen LogP contribution in [0.5, 0.6) is 0 Å². The lowest BCUT2D eigenvalue weighted by molar-refractivity contribution is 0.152. The Morgan fingerprint density at radius 2 is 1.45 bits per heavy atom. The molecular formula is C10H19F. The number of hydrogen-bond acceptors (Lipinski definition) is 0. The van der Waals surface area contributed by atoms with Gasteiger partial charge in [0.25, 0.3) is 0 Å². The minimum absolute atomic E-state index is 0.192. The van der Waals surface area contributed by atoms with Crippen molar-refractivity contribution in [2.75, 3.05) is 0 Å². The van der Waals surface area contributed by atoms with Gasteiger partial charge in [-0.15, -0.1) is 0 Å². The van der Waals surface area contributed by atoms with Crippen molar-refractivity contribution in [3.05, 3.63) is 12.4 Å². The first-order valence-electron chi connectivity index (χ1n) is 4.18. The van der Waals surface area contributed by atoms with E-state index in [4.69, 9.17) is 0 Å². The number of rotatable bonds is 3. The van der Waals surface area contributed by atoms with Gasteiger partial charge in [-0.25, -0.2) is 4.39 Å². The van der Waals surface area contributed by atoms with Crippen molar-refractivity contribution in [1.82, 2.24) is 0 Å². The molecule has 0 fully saturated rings. The Morgan fingerprint density at radius 3 is 1.45 bits per heavy atom. The molecule has 0 rings (SSSR count). The Morgan fingerprint density at radius 1 is 1.18 bits per heavy atom. The summed E-state index contributed by atoms with van der Waals surface area (Å²) in [7, 11) is 0. The van der Waals surface area contributed by atoms with Crippen LogP contribution in [0.4, 0.5) is 4.39 Å². The highest BCUT2D eigenvalue weighted by Crippen LogP contribution is 2.41. The van der Waals surface area contributed by atoms with Gasteiger partial charge in [0, 0.05) is 5.41 Å². The largest absolute Gasteiger partial charge is 0.212 e. The van der Waals surface area contributed by atoms with E-state index in [0.29, 0.717) is 11.8 Å². The first-order chi connectivity index (χ1) is 4.83. The van der Waals surface area contributed by atoms with Gasteiger partial charge in [-0.2, -0.15) is 0 Å². The molecule has 0 amide bonds. The summed E-state index contributed by atoms with van der Waals surface area (Å²) in [5.41, 5.74) is -0.361. The van der Waals surface area contributed by atoms with E-state index < -0.39 is 0 Å². The highest BCUT2D eigenvalue weighted by Gasteiger charge is 2.35. The van der Waals surface area contributed by atoms with E-state index in [9.17, 15) is 4.39 Å². The molecule has 0 unspecified atom stereocenters. The molecule has 0 radical (unpaired) electrons. The van der Waals surface area contributed by atoms with E-state index in [1.165, 1.54) is 0 Å². The van der Waals surface area contributed by atoms with E-state index in [2.05, 4.69) is 6.58 Å². The van der Waals surface area contributed by atoms with E-state index in [0.717, 1.165) is 0 Å². The van der Waals surface area contributed by atoms with Crippen LogP contribution in [0.1, 0.15) is 34.6 Å². The lowest BCUT2D eigenvalue weighted by atomic mass is 9.70. The van der Waals surface area contributed by atoms with Gasteiger partial charge in [-0.1, -0.05) is 41.2 Å². The smallest absolute Gasteiger partial charge is 0.0991 e. The SMILES string of the molecule is C=C(F)C(C)(C(C)C)C(C)C. The van der Waals surface area contributed by atoms with Gasteiger partial charge < -0.3 is 0 Å². The van der Waals surface area contributed by atoms with Crippen molar-refractivity contribution in [1.29, 1.82) is 0 Å². The summed E-state index contributed by atoms with van der Waals surface area (Å²) in [5.74, 6) is 0.419. The van der Waals surface area contributed by atoms with Crippen molar-refractivity contribution in [2.24, 2.45) is 17.3 Å². The molecule has 0 spiro atoms. The minimum Gasteiger partial charge on any atom is -0.212 e. The molecule has 0 aromatic carbocycles. The molecule has 0 aliphatic carbocycles.